The van der Waals surface area contributed by atoms with Gasteiger partial charge in [0.2, 0.25) is 0 Å². The van der Waals surface area contributed by atoms with E-state index in [1.165, 1.54) is 30.9 Å². The molecule has 0 unspecified atom stereocenters. The third-order valence-electron chi connectivity index (χ3n) is 5.00. The van der Waals surface area contributed by atoms with E-state index in [1.54, 1.807) is 0 Å². The van der Waals surface area contributed by atoms with Crippen LogP contribution in [-0.4, -0.2) is 13.5 Å². The zero-order valence-corrected chi connectivity index (χ0v) is 22.4. The van der Waals surface area contributed by atoms with Crippen LogP contribution >= 0.6 is 0 Å². The molecule has 4 N–H and O–H groups in total. The minimum absolute atomic E-state index is 0. The van der Waals surface area contributed by atoms with Gasteiger partial charge in [0.1, 0.15) is 11.5 Å². The molecule has 0 heterocycles. The van der Waals surface area contributed by atoms with E-state index in [9.17, 15) is 13.2 Å². The van der Waals surface area contributed by atoms with Gasteiger partial charge in [-0.15, -0.1) is 19.7 Å². The van der Waals surface area contributed by atoms with Crippen molar-refractivity contribution in [2.75, 3.05) is 7.11 Å². The number of nitrogens with two attached hydrogens (primary N) is 1. The van der Waals surface area contributed by atoms with Gasteiger partial charge in [0.25, 0.3) is 0 Å². The summed E-state index contributed by atoms with van der Waals surface area (Å²) in [5.74, 6) is 8.92. The second kappa shape index (κ2) is 12.7. The Morgan fingerprint density at radius 3 is 1.91 bits per heavy atom. The summed E-state index contributed by atoms with van der Waals surface area (Å²) in [5.41, 5.74) is 13.2. The van der Waals surface area contributed by atoms with Crippen LogP contribution < -0.4 is 15.3 Å². The molecule has 0 aromatic heterocycles. The SMILES string of the molecule is COc1cc(OC(F)(F)F)ccc1-c1cc(C[NH-])cc(-c2ccc(C(C)(C)C)cc2)c1.[NH-]N.[Y]. The van der Waals surface area contributed by atoms with Gasteiger partial charge in [-0.2, -0.15) is 0 Å². The van der Waals surface area contributed by atoms with Gasteiger partial charge in [0.15, 0.2) is 0 Å². The van der Waals surface area contributed by atoms with Crippen molar-refractivity contribution in [3.63, 3.8) is 0 Å². The minimum Gasteiger partial charge on any atom is -0.674 e. The topological polar surface area (TPSA) is 92.1 Å². The third-order valence-corrected chi connectivity index (χ3v) is 5.00. The molecular weight excluding hydrogens is 520 g/mol. The van der Waals surface area contributed by atoms with Crippen LogP contribution in [-0.2, 0) is 44.7 Å². The van der Waals surface area contributed by atoms with Crippen molar-refractivity contribution in [2.24, 2.45) is 5.84 Å². The Morgan fingerprint density at radius 2 is 1.41 bits per heavy atom. The number of halogens is 3. The van der Waals surface area contributed by atoms with Crippen molar-refractivity contribution in [2.45, 2.75) is 39.1 Å². The maximum Gasteiger partial charge on any atom is 0.573 e. The smallest absolute Gasteiger partial charge is 0.573 e. The Labute approximate surface area is 223 Å². The maximum absolute atomic E-state index is 12.6. The Kier molecular flexibility index (Phi) is 11.2. The van der Waals surface area contributed by atoms with E-state index in [2.05, 4.69) is 43.5 Å². The Hall–Kier alpha value is -1.97. The molecule has 181 valence electrons. The first-order valence-corrected chi connectivity index (χ1v) is 10.1. The molecule has 0 aliphatic carbocycles. The molecule has 3 aromatic carbocycles. The van der Waals surface area contributed by atoms with E-state index in [0.29, 0.717) is 5.56 Å². The molecule has 0 atom stereocenters. The Bertz CT molecular complexity index is 1070. The quantitative estimate of drug-likeness (QED) is 0.262. The number of hydrogen-bond donors (Lipinski definition) is 1. The fraction of sp³-hybridized carbons (Fsp3) is 0.280. The normalized spacial score (nSPS) is 11.1. The first-order chi connectivity index (χ1) is 15.5. The van der Waals surface area contributed by atoms with Crippen molar-refractivity contribution >= 4 is 0 Å². The van der Waals surface area contributed by atoms with Crippen molar-refractivity contribution in [1.29, 1.82) is 0 Å². The van der Waals surface area contributed by atoms with Gasteiger partial charge in [-0.25, -0.2) is 0 Å². The van der Waals surface area contributed by atoms with Gasteiger partial charge in [0, 0.05) is 44.3 Å². The molecule has 9 heteroatoms. The summed E-state index contributed by atoms with van der Waals surface area (Å²) in [4.78, 5) is 0. The van der Waals surface area contributed by atoms with Crippen LogP contribution in [0.3, 0.4) is 0 Å². The van der Waals surface area contributed by atoms with Gasteiger partial charge in [0.05, 0.1) is 7.11 Å². The van der Waals surface area contributed by atoms with Gasteiger partial charge in [-0.3, -0.25) is 0 Å². The van der Waals surface area contributed by atoms with Crippen molar-refractivity contribution in [3.8, 4) is 33.8 Å². The first kappa shape index (κ1) is 30.1. The molecule has 0 saturated heterocycles. The van der Waals surface area contributed by atoms with Gasteiger partial charge in [-0.1, -0.05) is 62.7 Å². The van der Waals surface area contributed by atoms with Crippen LogP contribution in [0, 0.1) is 0 Å². The van der Waals surface area contributed by atoms with Crippen LogP contribution in [0.2, 0.25) is 0 Å². The van der Waals surface area contributed by atoms with E-state index in [4.69, 9.17) is 16.3 Å². The average molecular weight is 548 g/mol. The molecule has 1 radical (unpaired) electrons. The number of benzene rings is 3. The van der Waals surface area contributed by atoms with Crippen molar-refractivity contribution < 1.29 is 55.4 Å². The second-order valence-electron chi connectivity index (χ2n) is 8.33. The van der Waals surface area contributed by atoms with Crippen molar-refractivity contribution in [1.82, 2.24) is 0 Å². The molecule has 0 spiro atoms. The van der Waals surface area contributed by atoms with E-state index < -0.39 is 6.36 Å². The van der Waals surface area contributed by atoms with Crippen LogP contribution in [0.1, 0.15) is 31.9 Å². The average Bonchev–Trinajstić information content (AvgIpc) is 2.78. The van der Waals surface area contributed by atoms with Crippen molar-refractivity contribution in [3.05, 3.63) is 83.4 Å². The molecule has 0 bridgehead atoms. The fourth-order valence-electron chi connectivity index (χ4n) is 3.39. The van der Waals surface area contributed by atoms with E-state index in [1.807, 2.05) is 30.3 Å². The summed E-state index contributed by atoms with van der Waals surface area (Å²) in [7, 11) is 1.40. The van der Waals surface area contributed by atoms with E-state index in [-0.39, 0.29) is 56.2 Å². The molecular formula is C25H28F3N3O2Y-2. The summed E-state index contributed by atoms with van der Waals surface area (Å²) in [6.45, 7) is 6.54. The van der Waals surface area contributed by atoms with Crippen LogP contribution in [0.25, 0.3) is 33.8 Å². The molecule has 3 rings (SSSR count). The number of rotatable bonds is 5. The predicted molar refractivity (Wildman–Crippen MR) is 126 cm³/mol. The number of alkyl halides is 3. The first-order valence-electron chi connectivity index (χ1n) is 10.1. The molecule has 34 heavy (non-hydrogen) atoms. The number of hydrogen-bond acceptors (Lipinski definition) is 3. The Morgan fingerprint density at radius 1 is 0.824 bits per heavy atom. The van der Waals surface area contributed by atoms with Crippen LogP contribution in [0.15, 0.2) is 60.7 Å². The molecule has 5 nitrogen and oxygen atoms in total. The summed E-state index contributed by atoms with van der Waals surface area (Å²) in [6.07, 6.45) is -4.77. The molecule has 0 saturated carbocycles. The summed E-state index contributed by atoms with van der Waals surface area (Å²) >= 11 is 0. The molecule has 3 aromatic rings. The van der Waals surface area contributed by atoms with Gasteiger partial charge < -0.3 is 26.9 Å². The standard InChI is InChI=1S/C25H25F3NO2.H3N2.Y/c1-24(2,3)20-7-5-17(6-8-20)18-11-16(15-29)12-19(13-18)22-10-9-21(14-23(22)30-4)31-25(26,27)28;1-2;/h5-14,29H,15H2,1-4H3;1H,2H2;/q2*-1;. The zero-order chi connectivity index (χ0) is 24.8. The summed E-state index contributed by atoms with van der Waals surface area (Å²) < 4.78 is 47.0. The molecule has 0 aliphatic heterocycles. The Balaban J connectivity index is 0.00000188. The van der Waals surface area contributed by atoms with E-state index >= 15 is 0 Å². The number of methoxy groups -OCH3 is 1. The minimum atomic E-state index is -4.77. The second-order valence-corrected chi connectivity index (χ2v) is 8.33. The molecule has 0 aliphatic rings. The largest absolute Gasteiger partial charge is 0.674 e. The zero-order valence-electron chi connectivity index (χ0n) is 19.6. The number of ether oxygens (including phenoxy) is 2. The fourth-order valence-corrected chi connectivity index (χ4v) is 3.39. The van der Waals surface area contributed by atoms with Crippen LogP contribution in [0.4, 0.5) is 13.2 Å². The molecule has 0 fully saturated rings. The third kappa shape index (κ3) is 8.06. The molecule has 0 amide bonds. The predicted octanol–water partition coefficient (Wildman–Crippen LogP) is 7.69. The summed E-state index contributed by atoms with van der Waals surface area (Å²) in [5, 5.41) is 0. The summed E-state index contributed by atoms with van der Waals surface area (Å²) in [6, 6.07) is 18.0. The maximum atomic E-state index is 12.6. The van der Waals surface area contributed by atoms with Gasteiger partial charge in [-0.05, 0) is 45.9 Å². The number of nitrogens with one attached hydrogen (secondary N) is 2. The van der Waals surface area contributed by atoms with E-state index in [0.717, 1.165) is 22.3 Å². The van der Waals surface area contributed by atoms with Crippen LogP contribution in [0.5, 0.6) is 11.5 Å². The van der Waals surface area contributed by atoms with Gasteiger partial charge >= 0.3 is 6.36 Å². The monoisotopic (exact) mass is 548 g/mol.